The Balaban J connectivity index is 1.75. The van der Waals surface area contributed by atoms with Gasteiger partial charge in [0.1, 0.15) is 5.82 Å². The number of anilines is 1. The van der Waals surface area contributed by atoms with Crippen molar-refractivity contribution in [2.24, 2.45) is 13.0 Å². The Kier molecular flexibility index (Phi) is 3.24. The van der Waals surface area contributed by atoms with Crippen LogP contribution >= 0.6 is 0 Å². The molecule has 1 aliphatic carbocycles. The zero-order valence-corrected chi connectivity index (χ0v) is 9.79. The highest BCUT2D eigenvalue weighted by Gasteiger charge is 2.20. The molecule has 0 aliphatic heterocycles. The van der Waals surface area contributed by atoms with Crippen LogP contribution in [0.5, 0.6) is 0 Å². The minimum atomic E-state index is -0.0105. The fourth-order valence-electron chi connectivity index (χ4n) is 1.63. The number of rotatable bonds is 5. The van der Waals surface area contributed by atoms with E-state index in [4.69, 9.17) is 0 Å². The van der Waals surface area contributed by atoms with Crippen molar-refractivity contribution in [2.75, 3.05) is 18.4 Å². The third-order valence-electron chi connectivity index (χ3n) is 2.68. The molecule has 1 aliphatic rings. The van der Waals surface area contributed by atoms with E-state index in [2.05, 4.69) is 15.7 Å². The molecule has 0 bridgehead atoms. The van der Waals surface area contributed by atoms with Crippen molar-refractivity contribution in [3.8, 4) is 0 Å². The predicted octanol–water partition coefficient (Wildman–Crippen LogP) is 0.667. The van der Waals surface area contributed by atoms with Gasteiger partial charge >= 0.3 is 0 Å². The van der Waals surface area contributed by atoms with Gasteiger partial charge in [0.15, 0.2) is 0 Å². The first kappa shape index (κ1) is 11.1. The van der Waals surface area contributed by atoms with Crippen molar-refractivity contribution in [1.82, 2.24) is 15.1 Å². The average Bonchev–Trinajstić information content (AvgIpc) is 2.95. The Hall–Kier alpha value is -1.36. The summed E-state index contributed by atoms with van der Waals surface area (Å²) in [6.07, 6.45) is 2.60. The third kappa shape index (κ3) is 3.06. The highest BCUT2D eigenvalue weighted by atomic mass is 16.2. The van der Waals surface area contributed by atoms with Crippen LogP contribution in [0.25, 0.3) is 0 Å². The van der Waals surface area contributed by atoms with Crippen LogP contribution in [0.3, 0.4) is 0 Å². The summed E-state index contributed by atoms with van der Waals surface area (Å²) < 4.78 is 1.67. The van der Waals surface area contributed by atoms with Gasteiger partial charge in [-0.15, -0.1) is 0 Å². The van der Waals surface area contributed by atoms with Gasteiger partial charge in [-0.25, -0.2) is 0 Å². The fraction of sp³-hybridized carbons (Fsp3) is 0.636. The first-order valence-electron chi connectivity index (χ1n) is 5.66. The standard InChI is InChI=1S/C11H18N4O/c1-8-5-10(15(2)14-8)13-11(16)7-12-6-9-3-4-9/h5,9,12H,3-4,6-7H2,1-2H3,(H,13,16). The van der Waals surface area contributed by atoms with Crippen LogP contribution in [-0.2, 0) is 11.8 Å². The van der Waals surface area contributed by atoms with Crippen LogP contribution in [0.2, 0.25) is 0 Å². The predicted molar refractivity (Wildman–Crippen MR) is 62.2 cm³/mol. The van der Waals surface area contributed by atoms with Crippen molar-refractivity contribution < 1.29 is 4.79 Å². The summed E-state index contributed by atoms with van der Waals surface area (Å²) in [5.41, 5.74) is 0.906. The van der Waals surface area contributed by atoms with Crippen LogP contribution in [0.15, 0.2) is 6.07 Å². The maximum atomic E-state index is 11.6. The van der Waals surface area contributed by atoms with E-state index in [0.29, 0.717) is 6.54 Å². The van der Waals surface area contributed by atoms with E-state index in [1.165, 1.54) is 12.8 Å². The second-order valence-electron chi connectivity index (χ2n) is 4.42. The highest BCUT2D eigenvalue weighted by molar-refractivity contribution is 5.91. The van der Waals surface area contributed by atoms with Crippen LogP contribution < -0.4 is 10.6 Å². The van der Waals surface area contributed by atoms with Crippen molar-refractivity contribution in [3.63, 3.8) is 0 Å². The van der Waals surface area contributed by atoms with E-state index in [0.717, 1.165) is 24.0 Å². The number of hydrogen-bond acceptors (Lipinski definition) is 3. The summed E-state index contributed by atoms with van der Waals surface area (Å²) in [6.45, 7) is 3.24. The SMILES string of the molecule is Cc1cc(NC(=O)CNCC2CC2)n(C)n1. The second-order valence-corrected chi connectivity index (χ2v) is 4.42. The molecule has 1 aromatic rings. The molecule has 0 saturated heterocycles. The maximum Gasteiger partial charge on any atom is 0.239 e. The lowest BCUT2D eigenvalue weighted by Gasteiger charge is -2.05. The zero-order chi connectivity index (χ0) is 11.5. The Morgan fingerprint density at radius 1 is 1.62 bits per heavy atom. The lowest BCUT2D eigenvalue weighted by atomic mass is 10.4. The van der Waals surface area contributed by atoms with Gasteiger partial charge in [-0.2, -0.15) is 5.10 Å². The van der Waals surface area contributed by atoms with Gasteiger partial charge in [0.2, 0.25) is 5.91 Å². The van der Waals surface area contributed by atoms with Gasteiger partial charge < -0.3 is 10.6 Å². The molecular formula is C11H18N4O. The summed E-state index contributed by atoms with van der Waals surface area (Å²) >= 11 is 0. The number of carbonyl (C=O) groups is 1. The quantitative estimate of drug-likeness (QED) is 0.769. The molecule has 1 heterocycles. The largest absolute Gasteiger partial charge is 0.310 e. The first-order chi connectivity index (χ1) is 7.65. The molecule has 0 unspecified atom stereocenters. The normalized spacial score (nSPS) is 15.1. The van der Waals surface area contributed by atoms with Crippen LogP contribution in [0.1, 0.15) is 18.5 Å². The van der Waals surface area contributed by atoms with E-state index in [1.54, 1.807) is 4.68 Å². The maximum absolute atomic E-state index is 11.6. The Morgan fingerprint density at radius 3 is 2.94 bits per heavy atom. The Morgan fingerprint density at radius 2 is 2.38 bits per heavy atom. The molecule has 1 aromatic heterocycles. The molecule has 0 atom stereocenters. The molecule has 2 N–H and O–H groups in total. The molecular weight excluding hydrogens is 204 g/mol. The highest BCUT2D eigenvalue weighted by Crippen LogP contribution is 2.27. The van der Waals surface area contributed by atoms with Crippen LogP contribution in [0.4, 0.5) is 5.82 Å². The number of nitrogens with zero attached hydrogens (tertiary/aromatic N) is 2. The van der Waals surface area contributed by atoms with Crippen LogP contribution in [0, 0.1) is 12.8 Å². The molecule has 1 fully saturated rings. The topological polar surface area (TPSA) is 59.0 Å². The smallest absolute Gasteiger partial charge is 0.239 e. The Labute approximate surface area is 95.2 Å². The number of hydrogen-bond donors (Lipinski definition) is 2. The lowest BCUT2D eigenvalue weighted by molar-refractivity contribution is -0.115. The molecule has 0 radical (unpaired) electrons. The molecule has 88 valence electrons. The molecule has 1 amide bonds. The summed E-state index contributed by atoms with van der Waals surface area (Å²) in [4.78, 5) is 11.6. The molecule has 5 nitrogen and oxygen atoms in total. The molecule has 1 saturated carbocycles. The van der Waals surface area contributed by atoms with Crippen molar-refractivity contribution in [1.29, 1.82) is 0 Å². The van der Waals surface area contributed by atoms with Crippen molar-refractivity contribution >= 4 is 11.7 Å². The van der Waals surface area contributed by atoms with Crippen LogP contribution in [-0.4, -0.2) is 28.8 Å². The Bertz CT molecular complexity index is 381. The van der Waals surface area contributed by atoms with E-state index in [1.807, 2.05) is 20.0 Å². The second kappa shape index (κ2) is 4.65. The van der Waals surface area contributed by atoms with Gasteiger partial charge in [-0.1, -0.05) is 0 Å². The zero-order valence-electron chi connectivity index (χ0n) is 9.79. The minimum Gasteiger partial charge on any atom is -0.310 e. The third-order valence-corrected chi connectivity index (χ3v) is 2.68. The van der Waals surface area contributed by atoms with Crippen molar-refractivity contribution in [2.45, 2.75) is 19.8 Å². The number of aromatic nitrogens is 2. The fourth-order valence-corrected chi connectivity index (χ4v) is 1.63. The van der Waals surface area contributed by atoms with E-state index in [9.17, 15) is 4.79 Å². The van der Waals surface area contributed by atoms with Gasteiger partial charge in [0.05, 0.1) is 12.2 Å². The summed E-state index contributed by atoms with van der Waals surface area (Å²) in [5.74, 6) is 1.53. The number of nitrogens with one attached hydrogen (secondary N) is 2. The number of aryl methyl sites for hydroxylation is 2. The van der Waals surface area contributed by atoms with E-state index in [-0.39, 0.29) is 5.91 Å². The molecule has 0 spiro atoms. The number of amides is 1. The summed E-state index contributed by atoms with van der Waals surface area (Å²) in [7, 11) is 1.82. The van der Waals surface area contributed by atoms with Gasteiger partial charge in [0.25, 0.3) is 0 Å². The number of carbonyl (C=O) groups excluding carboxylic acids is 1. The summed E-state index contributed by atoms with van der Waals surface area (Å²) in [6, 6.07) is 1.86. The monoisotopic (exact) mass is 222 g/mol. The van der Waals surface area contributed by atoms with E-state index < -0.39 is 0 Å². The lowest BCUT2D eigenvalue weighted by Crippen LogP contribution is -2.30. The average molecular weight is 222 g/mol. The molecule has 2 rings (SSSR count). The molecule has 5 heteroatoms. The molecule has 0 aromatic carbocycles. The first-order valence-corrected chi connectivity index (χ1v) is 5.66. The molecule has 16 heavy (non-hydrogen) atoms. The van der Waals surface area contributed by atoms with E-state index >= 15 is 0 Å². The van der Waals surface area contributed by atoms with Gasteiger partial charge in [-0.05, 0) is 32.2 Å². The summed E-state index contributed by atoms with van der Waals surface area (Å²) in [5, 5.41) is 10.1. The van der Waals surface area contributed by atoms with Gasteiger partial charge in [0, 0.05) is 13.1 Å². The van der Waals surface area contributed by atoms with Crippen molar-refractivity contribution in [3.05, 3.63) is 11.8 Å². The minimum absolute atomic E-state index is 0.0105. The van der Waals surface area contributed by atoms with Gasteiger partial charge in [-0.3, -0.25) is 9.48 Å².